The minimum absolute atomic E-state index is 0.0751. The Morgan fingerprint density at radius 3 is 2.43 bits per heavy atom. The molecule has 1 aromatic carbocycles. The number of hydrogen-bond acceptors (Lipinski definition) is 7. The molecule has 0 bridgehead atoms. The van der Waals surface area contributed by atoms with Crippen molar-refractivity contribution in [2.45, 2.75) is 64.3 Å². The van der Waals surface area contributed by atoms with E-state index in [0.29, 0.717) is 24.8 Å². The number of aryl methyl sites for hydroxylation is 1. The summed E-state index contributed by atoms with van der Waals surface area (Å²) in [5.41, 5.74) is -3.08. The molecule has 7 nitrogen and oxygen atoms in total. The van der Waals surface area contributed by atoms with E-state index in [9.17, 15) is 30.3 Å². The molecule has 3 aliphatic carbocycles. The fourth-order valence-corrected chi connectivity index (χ4v) is 6.43. The number of aliphatic hydroxyl groups is 3. The Kier molecular flexibility index (Phi) is 4.38. The van der Waals surface area contributed by atoms with Crippen LogP contribution in [0.4, 0.5) is 0 Å². The Balaban J connectivity index is 1.68. The summed E-state index contributed by atoms with van der Waals surface area (Å²) in [7, 11) is 0. The average molecular weight is 418 g/mol. The topological polar surface area (TPSA) is 127 Å². The van der Waals surface area contributed by atoms with Crippen LogP contribution < -0.4 is 0 Å². The van der Waals surface area contributed by atoms with E-state index >= 15 is 0 Å². The van der Waals surface area contributed by atoms with E-state index in [4.69, 9.17) is 4.74 Å². The highest BCUT2D eigenvalue weighted by Crippen LogP contribution is 2.69. The highest BCUT2D eigenvalue weighted by atomic mass is 16.6. The van der Waals surface area contributed by atoms with Crippen LogP contribution in [0.2, 0.25) is 0 Å². The summed E-state index contributed by atoms with van der Waals surface area (Å²) >= 11 is 0. The molecule has 0 saturated heterocycles. The van der Waals surface area contributed by atoms with Gasteiger partial charge in [0.05, 0.1) is 12.2 Å². The lowest BCUT2D eigenvalue weighted by Gasteiger charge is -2.66. The fraction of sp³-hybridized carbons (Fsp3) is 0.609. The molecule has 7 heteroatoms. The van der Waals surface area contributed by atoms with Crippen molar-refractivity contribution in [3.8, 4) is 11.5 Å². The minimum Gasteiger partial charge on any atom is -0.508 e. The SMILES string of the molecule is Cc1cc(O)cc(O)c1C(=O)O[C@@H]1C[C@]2(C)[C@H]3CC(C)(C)C[C@]3(O)C=C(CO)[C@]12O. The van der Waals surface area contributed by atoms with Crippen LogP contribution in [-0.2, 0) is 4.74 Å². The van der Waals surface area contributed by atoms with Crippen molar-refractivity contribution < 1.29 is 35.1 Å². The number of esters is 1. The largest absolute Gasteiger partial charge is 0.508 e. The molecule has 5 N–H and O–H groups in total. The molecule has 0 heterocycles. The van der Waals surface area contributed by atoms with Crippen LogP contribution in [-0.4, -0.2) is 55.4 Å². The number of hydrogen-bond donors (Lipinski definition) is 5. The molecule has 0 radical (unpaired) electrons. The Hall–Kier alpha value is -2.09. The van der Waals surface area contributed by atoms with Crippen molar-refractivity contribution in [3.63, 3.8) is 0 Å². The molecule has 30 heavy (non-hydrogen) atoms. The van der Waals surface area contributed by atoms with E-state index in [1.54, 1.807) is 13.0 Å². The summed E-state index contributed by atoms with van der Waals surface area (Å²) < 4.78 is 5.61. The van der Waals surface area contributed by atoms with Gasteiger partial charge in [0.2, 0.25) is 0 Å². The number of benzene rings is 1. The van der Waals surface area contributed by atoms with Crippen molar-refractivity contribution in [3.05, 3.63) is 34.9 Å². The van der Waals surface area contributed by atoms with Gasteiger partial charge in [0, 0.05) is 17.4 Å². The molecule has 0 spiro atoms. The third-order valence-corrected chi connectivity index (χ3v) is 7.67. The maximum Gasteiger partial charge on any atom is 0.342 e. The summed E-state index contributed by atoms with van der Waals surface area (Å²) in [4.78, 5) is 12.8. The first-order valence-electron chi connectivity index (χ1n) is 10.3. The predicted molar refractivity (Wildman–Crippen MR) is 108 cm³/mol. The van der Waals surface area contributed by atoms with Crippen molar-refractivity contribution in [2.24, 2.45) is 16.7 Å². The second kappa shape index (κ2) is 6.22. The van der Waals surface area contributed by atoms with E-state index in [2.05, 4.69) is 13.8 Å². The van der Waals surface area contributed by atoms with Crippen molar-refractivity contribution in [1.82, 2.24) is 0 Å². The Morgan fingerprint density at radius 2 is 1.83 bits per heavy atom. The lowest BCUT2D eigenvalue weighted by molar-refractivity contribution is -0.264. The quantitative estimate of drug-likeness (QED) is 0.376. The van der Waals surface area contributed by atoms with Gasteiger partial charge in [-0.1, -0.05) is 20.8 Å². The number of aliphatic hydroxyl groups excluding tert-OH is 1. The van der Waals surface area contributed by atoms with E-state index in [0.717, 1.165) is 6.07 Å². The molecule has 2 fully saturated rings. The first-order valence-corrected chi connectivity index (χ1v) is 10.3. The summed E-state index contributed by atoms with van der Waals surface area (Å²) in [6.45, 7) is 7.13. The van der Waals surface area contributed by atoms with E-state index in [1.807, 2.05) is 6.92 Å². The molecule has 0 unspecified atom stereocenters. The van der Waals surface area contributed by atoms with Gasteiger partial charge in [0.1, 0.15) is 28.8 Å². The Bertz CT molecular complexity index is 928. The number of carbonyl (C=O) groups excluding carboxylic acids is 1. The van der Waals surface area contributed by atoms with Gasteiger partial charge in [-0.15, -0.1) is 0 Å². The van der Waals surface area contributed by atoms with Gasteiger partial charge in [-0.05, 0) is 54.9 Å². The van der Waals surface area contributed by atoms with Crippen LogP contribution in [0.25, 0.3) is 0 Å². The average Bonchev–Trinajstić information content (AvgIpc) is 2.86. The molecule has 0 aliphatic heterocycles. The second-order valence-corrected chi connectivity index (χ2v) is 10.4. The smallest absolute Gasteiger partial charge is 0.342 e. The molecule has 164 valence electrons. The van der Waals surface area contributed by atoms with Crippen LogP contribution in [0.1, 0.15) is 56.0 Å². The molecule has 4 rings (SSSR count). The van der Waals surface area contributed by atoms with Gasteiger partial charge >= 0.3 is 5.97 Å². The van der Waals surface area contributed by atoms with Crippen LogP contribution in [0.3, 0.4) is 0 Å². The second-order valence-electron chi connectivity index (χ2n) is 10.4. The van der Waals surface area contributed by atoms with Crippen LogP contribution in [0.5, 0.6) is 11.5 Å². The molecule has 0 aromatic heterocycles. The van der Waals surface area contributed by atoms with Crippen LogP contribution in [0, 0.1) is 23.7 Å². The first-order chi connectivity index (χ1) is 13.8. The molecular formula is C23H30O7. The zero-order chi connectivity index (χ0) is 22.3. The van der Waals surface area contributed by atoms with Crippen molar-refractivity contribution in [2.75, 3.05) is 6.61 Å². The number of carbonyl (C=O) groups is 1. The van der Waals surface area contributed by atoms with Gasteiger partial charge in [0.25, 0.3) is 0 Å². The van der Waals surface area contributed by atoms with Gasteiger partial charge in [0.15, 0.2) is 0 Å². The molecule has 3 aliphatic rings. The number of phenolic OH excluding ortho intramolecular Hbond substituents is 2. The molecular weight excluding hydrogens is 388 g/mol. The number of rotatable bonds is 3. The molecule has 2 saturated carbocycles. The van der Waals surface area contributed by atoms with Crippen molar-refractivity contribution in [1.29, 1.82) is 0 Å². The van der Waals surface area contributed by atoms with Crippen LogP contribution >= 0.6 is 0 Å². The van der Waals surface area contributed by atoms with E-state index < -0.39 is 41.0 Å². The normalized spacial score (nSPS) is 38.8. The van der Waals surface area contributed by atoms with E-state index in [-0.39, 0.29) is 28.2 Å². The maximum atomic E-state index is 12.8. The highest BCUT2D eigenvalue weighted by molar-refractivity contribution is 5.94. The Labute approximate surface area is 175 Å². The summed E-state index contributed by atoms with van der Waals surface area (Å²) in [6.07, 6.45) is 2.21. The minimum atomic E-state index is -1.60. The number of fused-ring (bicyclic) bond motifs is 3. The highest BCUT2D eigenvalue weighted by Gasteiger charge is 2.75. The zero-order valence-electron chi connectivity index (χ0n) is 17.8. The van der Waals surface area contributed by atoms with E-state index in [1.165, 1.54) is 6.07 Å². The first kappa shape index (κ1) is 21.2. The fourth-order valence-electron chi connectivity index (χ4n) is 6.43. The molecule has 5 atom stereocenters. The zero-order valence-corrected chi connectivity index (χ0v) is 17.8. The standard InChI is InChI=1S/C23H30O7/c1-12-5-14(25)6-15(26)18(12)19(27)30-17-9-21(4)16-8-20(2,3)11-22(16,28)7-13(10-24)23(17,21)29/h5-7,16-17,24-26,28-29H,8-11H2,1-4H3/t16-,17-,21-,22-,23+/m1/s1. The van der Waals surface area contributed by atoms with Crippen molar-refractivity contribution >= 4 is 5.97 Å². The third-order valence-electron chi connectivity index (χ3n) is 7.67. The Morgan fingerprint density at radius 1 is 1.17 bits per heavy atom. The van der Waals surface area contributed by atoms with Gasteiger partial charge < -0.3 is 30.3 Å². The van der Waals surface area contributed by atoms with Gasteiger partial charge in [-0.2, -0.15) is 0 Å². The summed E-state index contributed by atoms with van der Waals surface area (Å²) in [5.74, 6) is -1.62. The van der Waals surface area contributed by atoms with Gasteiger partial charge in [-0.25, -0.2) is 4.79 Å². The molecule has 0 amide bonds. The number of ether oxygens (including phenoxy) is 1. The van der Waals surface area contributed by atoms with Gasteiger partial charge in [-0.3, -0.25) is 0 Å². The van der Waals surface area contributed by atoms with Crippen LogP contribution in [0.15, 0.2) is 23.8 Å². The monoisotopic (exact) mass is 418 g/mol. The molecule has 1 aromatic rings. The number of aromatic hydroxyl groups is 2. The third kappa shape index (κ3) is 2.65. The predicted octanol–water partition coefficient (Wildman–Crippen LogP) is 2.17. The maximum absolute atomic E-state index is 12.8. The lowest BCUT2D eigenvalue weighted by Crippen LogP contribution is -2.75. The summed E-state index contributed by atoms with van der Waals surface area (Å²) in [5, 5.41) is 52.7. The lowest BCUT2D eigenvalue weighted by atomic mass is 9.43. The number of phenols is 2. The summed E-state index contributed by atoms with van der Waals surface area (Å²) in [6, 6.07) is 2.40.